The number of thioether (sulfide) groups is 1. The minimum Gasteiger partial charge on any atom is -0.372 e. The van der Waals surface area contributed by atoms with Crippen LogP contribution >= 0.6 is 23.4 Å². The van der Waals surface area contributed by atoms with Gasteiger partial charge in [-0.2, -0.15) is 0 Å². The number of nitrogens with one attached hydrogen (secondary N) is 2. The molecule has 0 unspecified atom stereocenters. The number of aromatic amines is 1. The summed E-state index contributed by atoms with van der Waals surface area (Å²) >= 11 is 7.89. The van der Waals surface area contributed by atoms with Crippen LogP contribution in [0.25, 0.3) is 11.0 Å². The monoisotopic (exact) mass is 611 g/mol. The van der Waals surface area contributed by atoms with Gasteiger partial charge in [0.1, 0.15) is 5.65 Å². The number of hydrogen-bond acceptors (Lipinski definition) is 6. The fourth-order valence-electron chi connectivity index (χ4n) is 7.15. The average Bonchev–Trinajstić information content (AvgIpc) is 3.20. The molecule has 2 saturated carbocycles. The summed E-state index contributed by atoms with van der Waals surface area (Å²) in [6, 6.07) is 4.61. The molecular formula is C32H42ClN5O3S. The first kappa shape index (κ1) is 29.7. The molecule has 3 aromatic rings. The number of carbonyl (C=O) groups excluding carboxylic acids is 1. The summed E-state index contributed by atoms with van der Waals surface area (Å²) < 4.78 is 8.44. The van der Waals surface area contributed by atoms with Gasteiger partial charge in [-0.15, -0.1) is 11.8 Å². The molecule has 1 atom stereocenters. The first-order valence-corrected chi connectivity index (χ1v) is 16.9. The van der Waals surface area contributed by atoms with Gasteiger partial charge >= 0.3 is 0 Å². The summed E-state index contributed by atoms with van der Waals surface area (Å²) in [6.45, 7) is 8.43. The Balaban J connectivity index is 1.16. The van der Waals surface area contributed by atoms with Gasteiger partial charge in [0.05, 0.1) is 22.8 Å². The van der Waals surface area contributed by atoms with E-state index in [1.54, 1.807) is 6.20 Å². The molecule has 1 amide bonds. The largest absolute Gasteiger partial charge is 0.372 e. The number of ether oxygens (including phenoxy) is 1. The highest BCUT2D eigenvalue weighted by Gasteiger charge is 2.38. The summed E-state index contributed by atoms with van der Waals surface area (Å²) in [7, 11) is 0. The number of pyridine rings is 2. The number of halogens is 1. The van der Waals surface area contributed by atoms with Crippen LogP contribution in [0.4, 0.5) is 0 Å². The second-order valence-electron chi connectivity index (χ2n) is 12.4. The van der Waals surface area contributed by atoms with Crippen molar-refractivity contribution < 1.29 is 9.53 Å². The van der Waals surface area contributed by atoms with Crippen molar-refractivity contribution in [1.82, 2.24) is 24.8 Å². The predicted octanol–water partition coefficient (Wildman–Crippen LogP) is 6.02. The quantitative estimate of drug-likeness (QED) is 0.288. The van der Waals surface area contributed by atoms with E-state index in [-0.39, 0.29) is 24.1 Å². The van der Waals surface area contributed by atoms with Crippen LogP contribution in [0.3, 0.4) is 0 Å². The number of H-pyrrole nitrogens is 1. The number of aromatic nitrogens is 3. The fraction of sp³-hybridized carbons (Fsp3) is 0.594. The number of carbonyl (C=O) groups is 1. The predicted molar refractivity (Wildman–Crippen MR) is 169 cm³/mol. The normalized spacial score (nSPS) is 22.6. The molecule has 2 N–H and O–H groups in total. The molecule has 4 heterocycles. The standard InChI is InChI=1S/C32H42ClN5O3S/c1-18-12-28(42-4)27(31(39)36-18)15-35-32(40)29-20(3)38(30-26(29)13-22(33)14-34-30)19(2)21-8-10-23(11-9-21)37-16-25(17-37)41-24-6-5-7-24/h12-14,19,21,23-25H,5-11,15-17H2,1-4H3,(H,35,40)(H,36,39)/t19-,21?,23?/m1/s1. The van der Waals surface area contributed by atoms with Gasteiger partial charge in [-0.1, -0.05) is 11.6 Å². The van der Waals surface area contributed by atoms with Crippen molar-refractivity contribution in [3.63, 3.8) is 0 Å². The number of nitrogens with zero attached hydrogens (tertiary/aromatic N) is 3. The smallest absolute Gasteiger partial charge is 0.254 e. The first-order valence-electron chi connectivity index (χ1n) is 15.3. The van der Waals surface area contributed by atoms with E-state index in [4.69, 9.17) is 21.3 Å². The summed E-state index contributed by atoms with van der Waals surface area (Å²) in [5.41, 5.74) is 3.43. The zero-order valence-corrected chi connectivity index (χ0v) is 26.6. The second kappa shape index (κ2) is 12.3. The van der Waals surface area contributed by atoms with Gasteiger partial charge < -0.3 is 19.6 Å². The van der Waals surface area contributed by atoms with Crippen molar-refractivity contribution in [3.05, 3.63) is 56.2 Å². The molecular weight excluding hydrogens is 570 g/mol. The SMILES string of the molecule is CSc1cc(C)[nH]c(=O)c1CNC(=O)c1c(C)n([C@H](C)C2CCC(N3CC(OC4CCC4)C3)CC2)c2ncc(Cl)cc12. The Morgan fingerprint density at radius 2 is 1.90 bits per heavy atom. The number of fused-ring (bicyclic) bond motifs is 1. The van der Waals surface area contributed by atoms with Gasteiger partial charge in [-0.05, 0) is 90.0 Å². The minimum atomic E-state index is -0.222. The summed E-state index contributed by atoms with van der Waals surface area (Å²) in [5, 5.41) is 4.26. The Kier molecular flexibility index (Phi) is 8.74. The van der Waals surface area contributed by atoms with Gasteiger partial charge in [0.25, 0.3) is 11.5 Å². The van der Waals surface area contributed by atoms with E-state index in [1.807, 2.05) is 32.2 Å². The maximum Gasteiger partial charge on any atom is 0.254 e. The molecule has 1 saturated heterocycles. The topological polar surface area (TPSA) is 92.2 Å². The molecule has 226 valence electrons. The Bertz CT molecular complexity index is 1520. The van der Waals surface area contributed by atoms with Crippen LogP contribution in [0.15, 0.2) is 28.0 Å². The highest BCUT2D eigenvalue weighted by molar-refractivity contribution is 7.98. The Morgan fingerprint density at radius 3 is 2.57 bits per heavy atom. The third kappa shape index (κ3) is 5.77. The number of amides is 1. The highest BCUT2D eigenvalue weighted by atomic mass is 35.5. The van der Waals surface area contributed by atoms with Crippen molar-refractivity contribution in [1.29, 1.82) is 0 Å². The van der Waals surface area contributed by atoms with Gasteiger partial charge in [0.2, 0.25) is 0 Å². The van der Waals surface area contributed by atoms with Crippen LogP contribution in [0, 0.1) is 19.8 Å². The zero-order chi connectivity index (χ0) is 29.5. The first-order chi connectivity index (χ1) is 20.2. The van der Waals surface area contributed by atoms with E-state index >= 15 is 0 Å². The van der Waals surface area contributed by atoms with Crippen molar-refractivity contribution in [3.8, 4) is 0 Å². The molecule has 0 spiro atoms. The molecule has 3 aromatic heterocycles. The number of likely N-dealkylation sites (tertiary alicyclic amines) is 1. The molecule has 10 heteroatoms. The van der Waals surface area contributed by atoms with Crippen LogP contribution in [-0.2, 0) is 11.3 Å². The van der Waals surface area contributed by atoms with Crippen LogP contribution in [0.2, 0.25) is 5.02 Å². The fourth-order valence-corrected chi connectivity index (χ4v) is 8.02. The van der Waals surface area contributed by atoms with Crippen molar-refractivity contribution in [2.75, 3.05) is 19.3 Å². The van der Waals surface area contributed by atoms with Crippen molar-refractivity contribution in [2.45, 2.75) is 101 Å². The van der Waals surface area contributed by atoms with Gasteiger partial charge in [0.15, 0.2) is 0 Å². The van der Waals surface area contributed by atoms with E-state index in [2.05, 4.69) is 26.7 Å². The average molecular weight is 612 g/mol. The third-order valence-corrected chi connectivity index (χ3v) is 10.8. The zero-order valence-electron chi connectivity index (χ0n) is 25.0. The van der Waals surface area contributed by atoms with Crippen molar-refractivity contribution in [2.24, 2.45) is 5.92 Å². The molecule has 42 heavy (non-hydrogen) atoms. The number of rotatable bonds is 9. The molecule has 3 aliphatic rings. The molecule has 0 radical (unpaired) electrons. The minimum absolute atomic E-state index is 0.146. The number of hydrogen-bond donors (Lipinski definition) is 2. The molecule has 0 bridgehead atoms. The maximum atomic E-state index is 13.7. The van der Waals surface area contributed by atoms with E-state index in [0.717, 1.165) is 53.2 Å². The summed E-state index contributed by atoms with van der Waals surface area (Å²) in [6.07, 6.45) is 13.0. The van der Waals surface area contributed by atoms with Gasteiger partial charge in [0, 0.05) is 65.1 Å². The Morgan fingerprint density at radius 1 is 1.17 bits per heavy atom. The molecule has 1 aliphatic heterocycles. The number of aryl methyl sites for hydroxylation is 1. The molecule has 2 aliphatic carbocycles. The summed E-state index contributed by atoms with van der Waals surface area (Å²) in [4.78, 5) is 37.4. The molecule has 0 aromatic carbocycles. The molecule has 3 fully saturated rings. The van der Waals surface area contributed by atoms with Gasteiger partial charge in [-0.3, -0.25) is 14.5 Å². The van der Waals surface area contributed by atoms with E-state index < -0.39 is 0 Å². The second-order valence-corrected chi connectivity index (χ2v) is 13.7. The lowest BCUT2D eigenvalue weighted by Crippen LogP contribution is -2.58. The van der Waals surface area contributed by atoms with Crippen LogP contribution in [0.1, 0.15) is 85.2 Å². The van der Waals surface area contributed by atoms with E-state index in [1.165, 1.54) is 43.9 Å². The van der Waals surface area contributed by atoms with E-state index in [9.17, 15) is 9.59 Å². The lowest BCUT2D eigenvalue weighted by Gasteiger charge is -2.48. The highest BCUT2D eigenvalue weighted by Crippen LogP contribution is 2.40. The Hall–Kier alpha value is -2.33. The van der Waals surface area contributed by atoms with Crippen LogP contribution in [-0.4, -0.2) is 62.9 Å². The van der Waals surface area contributed by atoms with E-state index in [0.29, 0.717) is 40.3 Å². The molecule has 8 nitrogen and oxygen atoms in total. The Labute approximate surface area is 256 Å². The van der Waals surface area contributed by atoms with Crippen LogP contribution in [0.5, 0.6) is 0 Å². The lowest BCUT2D eigenvalue weighted by molar-refractivity contribution is -0.129. The molecule has 6 rings (SSSR count). The maximum absolute atomic E-state index is 13.7. The summed E-state index contributed by atoms with van der Waals surface area (Å²) in [5.74, 6) is 0.280. The lowest BCUT2D eigenvalue weighted by atomic mass is 9.80. The van der Waals surface area contributed by atoms with Crippen LogP contribution < -0.4 is 10.9 Å². The van der Waals surface area contributed by atoms with Gasteiger partial charge in [-0.25, -0.2) is 4.98 Å². The van der Waals surface area contributed by atoms with Crippen molar-refractivity contribution >= 4 is 40.3 Å². The third-order valence-electron chi connectivity index (χ3n) is 9.82.